The van der Waals surface area contributed by atoms with Crippen molar-refractivity contribution >= 4 is 29.1 Å². The fourth-order valence-corrected chi connectivity index (χ4v) is 3.58. The Kier molecular flexibility index (Phi) is 5.39. The summed E-state index contributed by atoms with van der Waals surface area (Å²) in [5.41, 5.74) is -3.02. The minimum absolute atomic E-state index is 0.0935. The van der Waals surface area contributed by atoms with E-state index in [0.29, 0.717) is 4.90 Å². The number of fused-ring (bicyclic) bond motifs is 1. The molecule has 34 heavy (non-hydrogen) atoms. The lowest BCUT2D eigenvalue weighted by molar-refractivity contribution is -0.385. The second-order valence-corrected chi connectivity index (χ2v) is 7.28. The second kappa shape index (κ2) is 8.10. The summed E-state index contributed by atoms with van der Waals surface area (Å²) in [6.07, 6.45) is -2.01. The van der Waals surface area contributed by atoms with Gasteiger partial charge < -0.3 is 5.32 Å². The van der Waals surface area contributed by atoms with Gasteiger partial charge in [0.25, 0.3) is 17.5 Å². The number of alkyl halides is 3. The topological polar surface area (TPSA) is 127 Å². The predicted octanol–water partition coefficient (Wildman–Crippen LogP) is 3.42. The Morgan fingerprint density at radius 3 is 2.50 bits per heavy atom. The molecule has 4 rings (SSSR count). The first kappa shape index (κ1) is 22.6. The Hall–Kier alpha value is -4.55. The molecule has 13 heteroatoms. The van der Waals surface area contributed by atoms with Crippen LogP contribution in [0, 0.1) is 10.1 Å². The summed E-state index contributed by atoms with van der Waals surface area (Å²) in [6.45, 7) is 1.13. The summed E-state index contributed by atoms with van der Waals surface area (Å²) >= 11 is 0. The smallest absolute Gasteiger partial charge is 0.324 e. The fraction of sp³-hybridized carbons (Fsp3) is 0.143. The van der Waals surface area contributed by atoms with Crippen LogP contribution in [0.2, 0.25) is 0 Å². The molecule has 0 saturated carbocycles. The number of rotatable bonds is 5. The molecule has 2 heterocycles. The molecule has 1 N–H and O–H groups in total. The largest absolute Gasteiger partial charge is 0.418 e. The van der Waals surface area contributed by atoms with E-state index < -0.39 is 57.4 Å². The molecular weight excluding hydrogens is 459 g/mol. The summed E-state index contributed by atoms with van der Waals surface area (Å²) in [5.74, 6) is -3.13. The summed E-state index contributed by atoms with van der Waals surface area (Å²) < 4.78 is 42.3. The SMILES string of the molecule is CC(C(=O)Nc1ccc(-n2cccn2)cc1C(F)(F)F)N1C(=O)c2cccc([N+](=O)[O-])c2C1=O. The number of nitrogens with zero attached hydrogens (tertiary/aromatic N) is 4. The predicted molar refractivity (Wildman–Crippen MR) is 110 cm³/mol. The molecule has 0 bridgehead atoms. The van der Waals surface area contributed by atoms with Crippen LogP contribution in [0.5, 0.6) is 0 Å². The van der Waals surface area contributed by atoms with Crippen molar-refractivity contribution in [1.29, 1.82) is 0 Å². The van der Waals surface area contributed by atoms with Crippen molar-refractivity contribution in [3.05, 3.63) is 81.7 Å². The lowest BCUT2D eigenvalue weighted by atomic mass is 10.1. The lowest BCUT2D eigenvalue weighted by Crippen LogP contribution is -2.45. The number of benzene rings is 2. The van der Waals surface area contributed by atoms with Crippen LogP contribution in [0.4, 0.5) is 24.5 Å². The molecule has 1 aromatic heterocycles. The number of nitro benzene ring substituents is 1. The van der Waals surface area contributed by atoms with Gasteiger partial charge in [-0.3, -0.25) is 29.4 Å². The maximum atomic E-state index is 13.7. The van der Waals surface area contributed by atoms with Crippen molar-refractivity contribution in [2.24, 2.45) is 0 Å². The van der Waals surface area contributed by atoms with Gasteiger partial charge >= 0.3 is 6.18 Å². The second-order valence-electron chi connectivity index (χ2n) is 7.28. The zero-order chi connectivity index (χ0) is 24.8. The Labute approximate surface area is 188 Å². The van der Waals surface area contributed by atoms with Crippen molar-refractivity contribution in [2.75, 3.05) is 5.32 Å². The molecule has 0 fully saturated rings. The third-order valence-corrected chi connectivity index (χ3v) is 5.22. The normalized spacial score (nSPS) is 14.2. The van der Waals surface area contributed by atoms with Gasteiger partial charge in [0.05, 0.1) is 27.4 Å². The van der Waals surface area contributed by atoms with E-state index >= 15 is 0 Å². The van der Waals surface area contributed by atoms with Crippen LogP contribution >= 0.6 is 0 Å². The molecule has 174 valence electrons. The number of imide groups is 1. The highest BCUT2D eigenvalue weighted by Gasteiger charge is 2.45. The number of carbonyl (C=O) groups excluding carboxylic acids is 3. The highest BCUT2D eigenvalue weighted by atomic mass is 19.4. The van der Waals surface area contributed by atoms with E-state index in [9.17, 15) is 37.7 Å². The molecule has 3 amide bonds. The monoisotopic (exact) mass is 473 g/mol. The quantitative estimate of drug-likeness (QED) is 0.344. The Morgan fingerprint density at radius 2 is 1.88 bits per heavy atom. The van der Waals surface area contributed by atoms with E-state index in [1.807, 2.05) is 0 Å². The van der Waals surface area contributed by atoms with E-state index in [0.717, 1.165) is 25.1 Å². The third-order valence-electron chi connectivity index (χ3n) is 5.22. The van der Waals surface area contributed by atoms with E-state index in [1.165, 1.54) is 41.3 Å². The number of hydrogen-bond acceptors (Lipinski definition) is 6. The zero-order valence-corrected chi connectivity index (χ0v) is 17.2. The standard InChI is InChI=1S/C21H14F3N5O5/c1-11(28-19(31)13-4-2-5-16(29(33)34)17(13)20(28)32)18(30)26-15-7-6-12(27-9-3-8-25-27)10-14(15)21(22,23)24/h2-11H,1H3,(H,26,30). The van der Waals surface area contributed by atoms with Crippen LogP contribution in [0.1, 0.15) is 33.2 Å². The van der Waals surface area contributed by atoms with Gasteiger partial charge in [0, 0.05) is 18.5 Å². The van der Waals surface area contributed by atoms with Crippen LogP contribution < -0.4 is 5.32 Å². The van der Waals surface area contributed by atoms with E-state index in [4.69, 9.17) is 0 Å². The lowest BCUT2D eigenvalue weighted by Gasteiger charge is -2.23. The minimum Gasteiger partial charge on any atom is -0.324 e. The Balaban J connectivity index is 1.63. The molecule has 0 spiro atoms. The first-order valence-corrected chi connectivity index (χ1v) is 9.68. The van der Waals surface area contributed by atoms with Crippen molar-refractivity contribution in [3.8, 4) is 5.69 Å². The molecule has 0 radical (unpaired) electrons. The van der Waals surface area contributed by atoms with Crippen molar-refractivity contribution in [2.45, 2.75) is 19.1 Å². The molecule has 0 aliphatic carbocycles. The number of amides is 3. The summed E-state index contributed by atoms with van der Waals surface area (Å²) in [5, 5.41) is 17.2. The molecule has 1 aliphatic rings. The van der Waals surface area contributed by atoms with Crippen molar-refractivity contribution in [1.82, 2.24) is 14.7 Å². The number of nitrogens with one attached hydrogen (secondary N) is 1. The van der Waals surface area contributed by atoms with Gasteiger partial charge in [-0.25, -0.2) is 4.68 Å². The maximum absolute atomic E-state index is 13.7. The molecule has 1 atom stereocenters. The van der Waals surface area contributed by atoms with Gasteiger partial charge in [-0.2, -0.15) is 18.3 Å². The molecule has 10 nitrogen and oxygen atoms in total. The van der Waals surface area contributed by atoms with Crippen LogP contribution in [0.25, 0.3) is 5.69 Å². The van der Waals surface area contributed by atoms with Crippen molar-refractivity contribution < 1.29 is 32.5 Å². The summed E-state index contributed by atoms with van der Waals surface area (Å²) in [6, 6.07) is 6.53. The number of aromatic nitrogens is 2. The highest BCUT2D eigenvalue weighted by Crippen LogP contribution is 2.37. The number of nitro groups is 1. The molecule has 1 unspecified atom stereocenters. The Morgan fingerprint density at radius 1 is 1.15 bits per heavy atom. The highest BCUT2D eigenvalue weighted by molar-refractivity contribution is 6.24. The number of hydrogen-bond donors (Lipinski definition) is 1. The molecular formula is C21H14F3N5O5. The van der Waals surface area contributed by atoms with Crippen LogP contribution in [0.3, 0.4) is 0 Å². The first-order chi connectivity index (χ1) is 16.0. The number of anilines is 1. The van der Waals surface area contributed by atoms with Gasteiger partial charge in [-0.15, -0.1) is 0 Å². The molecule has 1 aliphatic heterocycles. The molecule has 0 saturated heterocycles. The van der Waals surface area contributed by atoms with Gasteiger partial charge in [-0.1, -0.05) is 6.07 Å². The average molecular weight is 473 g/mol. The van der Waals surface area contributed by atoms with E-state index in [1.54, 1.807) is 0 Å². The van der Waals surface area contributed by atoms with Crippen LogP contribution in [0.15, 0.2) is 54.9 Å². The fourth-order valence-electron chi connectivity index (χ4n) is 3.58. The summed E-state index contributed by atoms with van der Waals surface area (Å²) in [4.78, 5) is 49.1. The average Bonchev–Trinajstić information content (AvgIpc) is 3.40. The van der Waals surface area contributed by atoms with Crippen LogP contribution in [-0.2, 0) is 11.0 Å². The van der Waals surface area contributed by atoms with E-state index in [2.05, 4.69) is 10.4 Å². The van der Waals surface area contributed by atoms with Gasteiger partial charge in [-0.05, 0) is 37.3 Å². The summed E-state index contributed by atoms with van der Waals surface area (Å²) in [7, 11) is 0. The van der Waals surface area contributed by atoms with Gasteiger partial charge in [0.1, 0.15) is 11.6 Å². The van der Waals surface area contributed by atoms with E-state index in [-0.39, 0.29) is 11.3 Å². The number of halogens is 3. The zero-order valence-electron chi connectivity index (χ0n) is 17.2. The molecule has 3 aromatic rings. The first-order valence-electron chi connectivity index (χ1n) is 9.68. The maximum Gasteiger partial charge on any atom is 0.418 e. The van der Waals surface area contributed by atoms with Gasteiger partial charge in [0.15, 0.2) is 0 Å². The van der Waals surface area contributed by atoms with Crippen molar-refractivity contribution in [3.63, 3.8) is 0 Å². The minimum atomic E-state index is -4.84. The van der Waals surface area contributed by atoms with Crippen LogP contribution in [-0.4, -0.2) is 43.4 Å². The Bertz CT molecular complexity index is 1340. The third kappa shape index (κ3) is 3.76. The number of carbonyl (C=O) groups is 3. The molecule has 2 aromatic carbocycles. The van der Waals surface area contributed by atoms with Gasteiger partial charge in [0.2, 0.25) is 5.91 Å².